The lowest BCUT2D eigenvalue weighted by atomic mass is 9.91. The maximum Gasteiger partial charge on any atom is 0.241 e. The molecule has 0 aromatic rings. The largest absolute Gasteiger partial charge is 0.386 e. The summed E-state index contributed by atoms with van der Waals surface area (Å²) in [6.45, 7) is 1.91. The molecule has 0 bridgehead atoms. The smallest absolute Gasteiger partial charge is 0.241 e. The SMILES string of the molecule is CCCCCC(O)C(CC(O)C(CC(O)C(CCCC[C]=O)[N+](=O)[O-])[N+](=O)[O-])[N+](=O)[O-]. The van der Waals surface area contributed by atoms with E-state index < -0.39 is 64.0 Å². The van der Waals surface area contributed by atoms with E-state index in [4.69, 9.17) is 0 Å². The molecule has 0 spiro atoms. The van der Waals surface area contributed by atoms with Crippen molar-refractivity contribution in [3.63, 3.8) is 0 Å². The van der Waals surface area contributed by atoms with Gasteiger partial charge in [0.05, 0.1) is 12.8 Å². The second-order valence-electron chi connectivity index (χ2n) is 7.62. The minimum absolute atomic E-state index is 0.0691. The first-order valence-corrected chi connectivity index (χ1v) is 10.4. The summed E-state index contributed by atoms with van der Waals surface area (Å²) in [5.74, 6) is 0. The van der Waals surface area contributed by atoms with E-state index in [1.54, 1.807) is 6.29 Å². The van der Waals surface area contributed by atoms with Gasteiger partial charge in [0.25, 0.3) is 0 Å². The van der Waals surface area contributed by atoms with Gasteiger partial charge in [-0.2, -0.15) is 0 Å². The zero-order valence-electron chi connectivity index (χ0n) is 17.6. The van der Waals surface area contributed by atoms with E-state index in [9.17, 15) is 50.5 Å². The van der Waals surface area contributed by atoms with Gasteiger partial charge in [-0.05, 0) is 19.3 Å². The summed E-state index contributed by atoms with van der Waals surface area (Å²) < 4.78 is 0. The summed E-state index contributed by atoms with van der Waals surface area (Å²) in [6, 6.07) is -5.07. The number of aliphatic hydroxyl groups is 3. The Morgan fingerprint density at radius 1 is 0.710 bits per heavy atom. The first kappa shape index (κ1) is 28.8. The molecule has 6 unspecified atom stereocenters. The van der Waals surface area contributed by atoms with E-state index in [1.807, 2.05) is 6.92 Å². The summed E-state index contributed by atoms with van der Waals surface area (Å²) in [6.07, 6.45) is -2.31. The van der Waals surface area contributed by atoms with Gasteiger partial charge in [-0.25, -0.2) is 0 Å². The summed E-state index contributed by atoms with van der Waals surface area (Å²) in [5, 5.41) is 64.4. The average Bonchev–Trinajstić information content (AvgIpc) is 2.69. The molecule has 179 valence electrons. The highest BCUT2D eigenvalue weighted by Gasteiger charge is 2.42. The fraction of sp³-hybridized carbons (Fsp3) is 0.944. The summed E-state index contributed by atoms with van der Waals surface area (Å²) >= 11 is 0. The lowest BCUT2D eigenvalue weighted by molar-refractivity contribution is -0.562. The van der Waals surface area contributed by atoms with Crippen molar-refractivity contribution in [2.24, 2.45) is 0 Å². The van der Waals surface area contributed by atoms with Gasteiger partial charge in [0.15, 0.2) is 6.29 Å². The van der Waals surface area contributed by atoms with E-state index in [0.29, 0.717) is 12.8 Å². The predicted molar refractivity (Wildman–Crippen MR) is 108 cm³/mol. The van der Waals surface area contributed by atoms with Crippen LogP contribution in [0.25, 0.3) is 0 Å². The number of nitrogens with zero attached hydrogens (tertiary/aromatic N) is 3. The van der Waals surface area contributed by atoms with Crippen LogP contribution in [0, 0.1) is 30.3 Å². The normalized spacial score (nSPS) is 17.2. The molecule has 1 radical (unpaired) electrons. The van der Waals surface area contributed by atoms with Crippen LogP contribution in [0.15, 0.2) is 0 Å². The van der Waals surface area contributed by atoms with Crippen molar-refractivity contribution in [2.75, 3.05) is 0 Å². The van der Waals surface area contributed by atoms with Crippen LogP contribution in [0.2, 0.25) is 0 Å². The Balaban J connectivity index is 5.15. The molecule has 0 heterocycles. The molecule has 0 aliphatic heterocycles. The Morgan fingerprint density at radius 3 is 1.61 bits per heavy atom. The molecule has 0 amide bonds. The van der Waals surface area contributed by atoms with E-state index >= 15 is 0 Å². The van der Waals surface area contributed by atoms with Crippen LogP contribution >= 0.6 is 0 Å². The third-order valence-corrected chi connectivity index (χ3v) is 5.24. The van der Waals surface area contributed by atoms with Crippen LogP contribution in [0.1, 0.15) is 71.1 Å². The van der Waals surface area contributed by atoms with Crippen LogP contribution < -0.4 is 0 Å². The Bertz CT molecular complexity index is 577. The van der Waals surface area contributed by atoms with Crippen molar-refractivity contribution in [3.8, 4) is 0 Å². The Kier molecular flexibility index (Phi) is 14.4. The van der Waals surface area contributed by atoms with Crippen LogP contribution in [-0.4, -0.2) is 72.8 Å². The molecule has 0 aliphatic rings. The number of rotatable bonds is 19. The minimum Gasteiger partial charge on any atom is -0.386 e. The lowest BCUT2D eigenvalue weighted by Gasteiger charge is -2.23. The highest BCUT2D eigenvalue weighted by Crippen LogP contribution is 2.21. The van der Waals surface area contributed by atoms with Crippen LogP contribution in [0.5, 0.6) is 0 Å². The van der Waals surface area contributed by atoms with Crippen LogP contribution in [-0.2, 0) is 4.79 Å². The molecule has 0 aromatic heterocycles. The molecular formula is C18H32N3O10. The van der Waals surface area contributed by atoms with Crippen molar-refractivity contribution in [1.82, 2.24) is 0 Å². The number of carbonyl (C=O) groups excluding carboxylic acids is 1. The molecule has 13 heteroatoms. The fourth-order valence-corrected chi connectivity index (χ4v) is 3.36. The highest BCUT2D eigenvalue weighted by atomic mass is 16.6. The first-order chi connectivity index (χ1) is 14.6. The molecule has 0 rings (SSSR count). The Morgan fingerprint density at radius 2 is 1.16 bits per heavy atom. The number of nitro groups is 3. The summed E-state index contributed by atoms with van der Waals surface area (Å²) in [4.78, 5) is 41.6. The Labute approximate surface area is 179 Å². The highest BCUT2D eigenvalue weighted by molar-refractivity contribution is 5.50. The zero-order chi connectivity index (χ0) is 24.0. The van der Waals surface area contributed by atoms with E-state index in [-0.39, 0.29) is 25.7 Å². The third-order valence-electron chi connectivity index (χ3n) is 5.24. The van der Waals surface area contributed by atoms with Crippen molar-refractivity contribution in [3.05, 3.63) is 30.3 Å². The van der Waals surface area contributed by atoms with Gasteiger partial charge in [-0.15, -0.1) is 0 Å². The number of unbranched alkanes of at least 4 members (excludes halogenated alkanes) is 4. The van der Waals surface area contributed by atoms with Crippen molar-refractivity contribution < 1.29 is 34.9 Å². The maximum atomic E-state index is 11.4. The molecule has 0 saturated heterocycles. The van der Waals surface area contributed by atoms with E-state index in [0.717, 1.165) is 12.8 Å². The molecule has 31 heavy (non-hydrogen) atoms. The minimum atomic E-state index is -1.89. The van der Waals surface area contributed by atoms with Gasteiger partial charge in [0.2, 0.25) is 18.1 Å². The molecule has 3 N–H and O–H groups in total. The topological polar surface area (TPSA) is 207 Å². The van der Waals surface area contributed by atoms with Gasteiger partial charge in [-0.1, -0.05) is 26.2 Å². The van der Waals surface area contributed by atoms with Crippen LogP contribution in [0.3, 0.4) is 0 Å². The number of aliphatic hydroxyl groups excluding tert-OH is 3. The monoisotopic (exact) mass is 450 g/mol. The van der Waals surface area contributed by atoms with Crippen molar-refractivity contribution >= 4 is 6.29 Å². The second kappa shape index (κ2) is 15.5. The Hall–Kier alpha value is -2.25. The molecule has 0 saturated carbocycles. The first-order valence-electron chi connectivity index (χ1n) is 10.4. The van der Waals surface area contributed by atoms with Gasteiger partial charge in [0.1, 0.15) is 18.3 Å². The van der Waals surface area contributed by atoms with Crippen molar-refractivity contribution in [1.29, 1.82) is 0 Å². The lowest BCUT2D eigenvalue weighted by Crippen LogP contribution is -2.46. The van der Waals surface area contributed by atoms with Crippen molar-refractivity contribution in [2.45, 2.75) is 108 Å². The standard InChI is InChI=1S/C18H32N3O10/c1-2-3-5-9-16(23)14(20(28)29)11-18(25)15(21(30)31)12-17(24)13(19(26)27)8-6-4-7-10-22/h13-18,23-25H,2-9,11-12H2,1H3. The summed E-state index contributed by atoms with van der Waals surface area (Å²) in [7, 11) is 0. The molecule has 0 aliphatic carbocycles. The van der Waals surface area contributed by atoms with Crippen LogP contribution in [0.4, 0.5) is 0 Å². The second-order valence-corrected chi connectivity index (χ2v) is 7.62. The third kappa shape index (κ3) is 11.1. The van der Waals surface area contributed by atoms with E-state index in [2.05, 4.69) is 0 Å². The van der Waals surface area contributed by atoms with E-state index in [1.165, 1.54) is 0 Å². The quantitative estimate of drug-likeness (QED) is 0.145. The van der Waals surface area contributed by atoms with Gasteiger partial charge >= 0.3 is 0 Å². The maximum absolute atomic E-state index is 11.4. The number of hydrogen-bond donors (Lipinski definition) is 3. The molecule has 13 nitrogen and oxygen atoms in total. The predicted octanol–water partition coefficient (Wildman–Crippen LogP) is 1.04. The molecule has 0 aromatic carbocycles. The average molecular weight is 450 g/mol. The molecular weight excluding hydrogens is 418 g/mol. The van der Waals surface area contributed by atoms with Gasteiger partial charge in [-0.3, -0.25) is 35.1 Å². The fourth-order valence-electron chi connectivity index (χ4n) is 3.36. The zero-order valence-corrected chi connectivity index (χ0v) is 17.6. The summed E-state index contributed by atoms with van der Waals surface area (Å²) in [5.41, 5.74) is 0. The molecule has 6 atom stereocenters. The van der Waals surface area contributed by atoms with Gasteiger partial charge in [0, 0.05) is 27.6 Å². The van der Waals surface area contributed by atoms with Gasteiger partial charge < -0.3 is 15.3 Å². The number of hydrogen-bond acceptors (Lipinski definition) is 10. The molecule has 0 fully saturated rings.